The molecular weight excluding hydrogens is 157 g/mol. The van der Waals surface area contributed by atoms with E-state index in [0.29, 0.717) is 11.3 Å². The molecule has 0 bridgehead atoms. The average Bonchev–Trinajstić information content (AvgIpc) is 2.29. The van der Waals surface area contributed by atoms with E-state index in [2.05, 4.69) is 4.99 Å². The lowest BCUT2D eigenvalue weighted by Gasteiger charge is -1.96. The van der Waals surface area contributed by atoms with Gasteiger partial charge in [-0.2, -0.15) is 0 Å². The fourth-order valence-corrected chi connectivity index (χ4v) is 1.31. The number of carbonyl (C=O) groups excluding carboxylic acids is 1. The molecule has 12 heavy (non-hydrogen) atoms. The molecule has 1 aromatic rings. The summed E-state index contributed by atoms with van der Waals surface area (Å²) in [5.41, 5.74) is 1.31. The average molecular weight is 163 g/mol. The molecule has 1 aromatic carbocycles. The van der Waals surface area contributed by atoms with Crippen LogP contribution in [0.15, 0.2) is 23.2 Å². The van der Waals surface area contributed by atoms with Crippen LogP contribution in [0.4, 0.5) is 4.39 Å². The fraction of sp³-hybridized carbons (Fsp3) is 0.111. The topological polar surface area (TPSA) is 29.4 Å². The zero-order chi connectivity index (χ0) is 8.72. The second kappa shape index (κ2) is 2.24. The van der Waals surface area contributed by atoms with Gasteiger partial charge in [0.15, 0.2) is 0 Å². The SMILES string of the molecule is CC1=NC(=O)c2c(F)cccc21. The van der Waals surface area contributed by atoms with Gasteiger partial charge in [-0.3, -0.25) is 4.79 Å². The standard InChI is InChI=1S/C9H6FNO/c1-5-6-3-2-4-7(10)8(6)9(12)11-5/h2-4H,1H3. The van der Waals surface area contributed by atoms with Crippen LogP contribution in [-0.4, -0.2) is 11.6 Å². The normalized spacial score (nSPS) is 14.5. The smallest absolute Gasteiger partial charge is 0.267 e. The third kappa shape index (κ3) is 0.794. The molecule has 2 rings (SSSR count). The summed E-state index contributed by atoms with van der Waals surface area (Å²) in [5, 5.41) is 0. The van der Waals surface area contributed by atoms with Crippen molar-refractivity contribution in [3.63, 3.8) is 0 Å². The number of aliphatic imine (C=N–C) groups is 1. The van der Waals surface area contributed by atoms with Gasteiger partial charge in [0, 0.05) is 11.3 Å². The zero-order valence-corrected chi connectivity index (χ0v) is 6.47. The van der Waals surface area contributed by atoms with Crippen molar-refractivity contribution in [2.45, 2.75) is 6.92 Å². The molecule has 0 saturated carbocycles. The van der Waals surface area contributed by atoms with Gasteiger partial charge in [-0.1, -0.05) is 12.1 Å². The predicted molar refractivity (Wildman–Crippen MR) is 42.9 cm³/mol. The number of rotatable bonds is 0. The molecule has 0 unspecified atom stereocenters. The number of hydrogen-bond acceptors (Lipinski definition) is 1. The Hall–Kier alpha value is -1.51. The van der Waals surface area contributed by atoms with Crippen LogP contribution in [0, 0.1) is 5.82 Å². The summed E-state index contributed by atoms with van der Waals surface area (Å²) in [6, 6.07) is 4.54. The number of halogens is 1. The van der Waals surface area contributed by atoms with Gasteiger partial charge in [0.2, 0.25) is 0 Å². The third-order valence-electron chi connectivity index (χ3n) is 1.89. The highest BCUT2D eigenvalue weighted by Gasteiger charge is 2.23. The maximum absolute atomic E-state index is 13.0. The van der Waals surface area contributed by atoms with Crippen LogP contribution >= 0.6 is 0 Å². The van der Waals surface area contributed by atoms with Gasteiger partial charge in [0.1, 0.15) is 5.82 Å². The molecular formula is C9H6FNO. The van der Waals surface area contributed by atoms with E-state index in [-0.39, 0.29) is 5.56 Å². The summed E-state index contributed by atoms with van der Waals surface area (Å²) in [6.45, 7) is 1.70. The first-order valence-corrected chi connectivity index (χ1v) is 3.58. The summed E-state index contributed by atoms with van der Waals surface area (Å²) in [4.78, 5) is 14.7. The second-order valence-electron chi connectivity index (χ2n) is 2.66. The van der Waals surface area contributed by atoms with Gasteiger partial charge in [0.25, 0.3) is 5.91 Å². The van der Waals surface area contributed by atoms with Crippen molar-refractivity contribution in [1.29, 1.82) is 0 Å². The molecule has 3 heteroatoms. The van der Waals surface area contributed by atoms with E-state index >= 15 is 0 Å². The van der Waals surface area contributed by atoms with E-state index in [0.717, 1.165) is 0 Å². The number of nitrogens with zero attached hydrogens (tertiary/aromatic N) is 1. The molecule has 60 valence electrons. The van der Waals surface area contributed by atoms with Gasteiger partial charge < -0.3 is 0 Å². The highest BCUT2D eigenvalue weighted by atomic mass is 19.1. The first kappa shape index (κ1) is 7.16. The minimum absolute atomic E-state index is 0.106. The Balaban J connectivity index is 2.76. The van der Waals surface area contributed by atoms with Crippen molar-refractivity contribution < 1.29 is 9.18 Å². The van der Waals surface area contributed by atoms with E-state index in [1.807, 2.05) is 0 Å². The van der Waals surface area contributed by atoms with Gasteiger partial charge in [0.05, 0.1) is 5.56 Å². The van der Waals surface area contributed by atoms with Crippen molar-refractivity contribution >= 4 is 11.6 Å². The Labute approximate surface area is 68.7 Å². The number of hydrogen-bond donors (Lipinski definition) is 0. The van der Waals surface area contributed by atoms with Crippen LogP contribution in [0.3, 0.4) is 0 Å². The van der Waals surface area contributed by atoms with E-state index < -0.39 is 11.7 Å². The third-order valence-corrected chi connectivity index (χ3v) is 1.89. The maximum Gasteiger partial charge on any atom is 0.280 e. The van der Waals surface area contributed by atoms with E-state index in [1.165, 1.54) is 6.07 Å². The molecule has 0 radical (unpaired) electrons. The van der Waals surface area contributed by atoms with Crippen LogP contribution in [0.1, 0.15) is 22.8 Å². The lowest BCUT2D eigenvalue weighted by molar-refractivity contribution is 0.100. The molecule has 1 aliphatic rings. The summed E-state index contributed by atoms with van der Waals surface area (Å²) >= 11 is 0. The molecule has 0 N–H and O–H groups in total. The molecule has 0 atom stereocenters. The highest BCUT2D eigenvalue weighted by Crippen LogP contribution is 2.21. The quantitative estimate of drug-likeness (QED) is 0.573. The van der Waals surface area contributed by atoms with Crippen LogP contribution < -0.4 is 0 Å². The number of benzene rings is 1. The monoisotopic (exact) mass is 163 g/mol. The molecule has 1 aliphatic heterocycles. The summed E-state index contributed by atoms with van der Waals surface area (Å²) in [6.07, 6.45) is 0. The Kier molecular flexibility index (Phi) is 1.33. The first-order valence-electron chi connectivity index (χ1n) is 3.58. The first-order chi connectivity index (χ1) is 5.70. The lowest BCUT2D eigenvalue weighted by Crippen LogP contribution is -1.97. The number of amides is 1. The van der Waals surface area contributed by atoms with Crippen LogP contribution in [0.5, 0.6) is 0 Å². The van der Waals surface area contributed by atoms with Crippen molar-refractivity contribution in [3.05, 3.63) is 35.1 Å². The Morgan fingerprint density at radius 2 is 2.17 bits per heavy atom. The molecule has 0 aliphatic carbocycles. The molecule has 2 nitrogen and oxygen atoms in total. The molecule has 0 spiro atoms. The van der Waals surface area contributed by atoms with Gasteiger partial charge in [-0.05, 0) is 13.0 Å². The molecule has 0 saturated heterocycles. The van der Waals surface area contributed by atoms with Gasteiger partial charge in [-0.15, -0.1) is 0 Å². The number of carbonyl (C=O) groups is 1. The van der Waals surface area contributed by atoms with Crippen molar-refractivity contribution in [2.24, 2.45) is 4.99 Å². The van der Waals surface area contributed by atoms with Gasteiger partial charge in [-0.25, -0.2) is 9.38 Å². The zero-order valence-electron chi connectivity index (χ0n) is 6.47. The van der Waals surface area contributed by atoms with Crippen molar-refractivity contribution in [3.8, 4) is 0 Å². The molecule has 0 fully saturated rings. The summed E-state index contributed by atoms with van der Waals surface area (Å²) < 4.78 is 13.0. The van der Waals surface area contributed by atoms with E-state index in [4.69, 9.17) is 0 Å². The van der Waals surface area contributed by atoms with E-state index in [9.17, 15) is 9.18 Å². The lowest BCUT2D eigenvalue weighted by atomic mass is 10.1. The largest absolute Gasteiger partial charge is 0.280 e. The minimum atomic E-state index is -0.488. The molecule has 1 heterocycles. The second-order valence-corrected chi connectivity index (χ2v) is 2.66. The maximum atomic E-state index is 13.0. The van der Waals surface area contributed by atoms with Crippen LogP contribution in [0.25, 0.3) is 0 Å². The summed E-state index contributed by atoms with van der Waals surface area (Å²) in [7, 11) is 0. The van der Waals surface area contributed by atoms with Crippen molar-refractivity contribution in [2.75, 3.05) is 0 Å². The Bertz CT molecular complexity index is 396. The predicted octanol–water partition coefficient (Wildman–Crippen LogP) is 1.79. The van der Waals surface area contributed by atoms with E-state index in [1.54, 1.807) is 19.1 Å². The van der Waals surface area contributed by atoms with Crippen LogP contribution in [0.2, 0.25) is 0 Å². The fourth-order valence-electron chi connectivity index (χ4n) is 1.31. The van der Waals surface area contributed by atoms with Gasteiger partial charge >= 0.3 is 0 Å². The Morgan fingerprint density at radius 3 is 2.83 bits per heavy atom. The minimum Gasteiger partial charge on any atom is -0.267 e. The van der Waals surface area contributed by atoms with Crippen molar-refractivity contribution in [1.82, 2.24) is 0 Å². The molecule has 1 amide bonds. The highest BCUT2D eigenvalue weighted by molar-refractivity contribution is 6.20. The number of fused-ring (bicyclic) bond motifs is 1. The Morgan fingerprint density at radius 1 is 1.42 bits per heavy atom. The molecule has 0 aromatic heterocycles. The summed E-state index contributed by atoms with van der Waals surface area (Å²) in [5.74, 6) is -0.960. The van der Waals surface area contributed by atoms with Crippen LogP contribution in [-0.2, 0) is 0 Å².